The van der Waals surface area contributed by atoms with E-state index < -0.39 is 11.4 Å². The molecule has 1 aromatic heterocycles. The summed E-state index contributed by atoms with van der Waals surface area (Å²) >= 11 is 0. The van der Waals surface area contributed by atoms with Gasteiger partial charge in [0.1, 0.15) is 5.82 Å². The maximum atomic E-state index is 12.8. The monoisotopic (exact) mass is 269 g/mol. The Labute approximate surface area is 114 Å². The third-order valence-electron chi connectivity index (χ3n) is 3.04. The average molecular weight is 269 g/mol. The van der Waals surface area contributed by atoms with Crippen molar-refractivity contribution < 1.29 is 4.39 Å². The van der Waals surface area contributed by atoms with E-state index in [0.29, 0.717) is 12.4 Å². The molecule has 100 valence electrons. The van der Waals surface area contributed by atoms with Crippen LogP contribution in [0.5, 0.6) is 0 Å². The summed E-state index contributed by atoms with van der Waals surface area (Å²) in [5.74, 6) is -0.483. The molecule has 0 spiro atoms. The summed E-state index contributed by atoms with van der Waals surface area (Å²) in [6, 6.07) is 13.9. The highest BCUT2D eigenvalue weighted by molar-refractivity contribution is 5.93. The standard InChI is InChI=1S/C15H12FN3O/c16-12-8-18-14(19-15(12)20)9-17-13-7-3-5-10-4-1-2-6-11(10)13/h1-8,17H,9H2,(H,18,19,20). The van der Waals surface area contributed by atoms with Gasteiger partial charge in [-0.3, -0.25) is 4.79 Å². The number of nitrogens with one attached hydrogen (secondary N) is 2. The van der Waals surface area contributed by atoms with Crippen LogP contribution in [0.25, 0.3) is 10.8 Å². The summed E-state index contributed by atoms with van der Waals surface area (Å²) in [5.41, 5.74) is 0.185. The second kappa shape index (κ2) is 5.13. The van der Waals surface area contributed by atoms with E-state index in [1.54, 1.807) is 0 Å². The number of H-pyrrole nitrogens is 1. The Morgan fingerprint density at radius 3 is 2.80 bits per heavy atom. The van der Waals surface area contributed by atoms with Gasteiger partial charge in [-0.15, -0.1) is 0 Å². The van der Waals surface area contributed by atoms with Crippen LogP contribution in [0.3, 0.4) is 0 Å². The van der Waals surface area contributed by atoms with Gasteiger partial charge in [-0.05, 0) is 11.5 Å². The minimum Gasteiger partial charge on any atom is -0.377 e. The fraction of sp³-hybridized carbons (Fsp3) is 0.0667. The fourth-order valence-electron chi connectivity index (χ4n) is 2.06. The lowest BCUT2D eigenvalue weighted by Gasteiger charge is -2.09. The number of anilines is 1. The Hall–Kier alpha value is -2.69. The molecule has 0 saturated heterocycles. The number of aromatic nitrogens is 2. The minimum absolute atomic E-state index is 0.323. The molecule has 0 radical (unpaired) electrons. The van der Waals surface area contributed by atoms with E-state index in [1.165, 1.54) is 0 Å². The predicted molar refractivity (Wildman–Crippen MR) is 76.1 cm³/mol. The molecule has 0 unspecified atom stereocenters. The van der Waals surface area contributed by atoms with Gasteiger partial charge in [-0.1, -0.05) is 36.4 Å². The average Bonchev–Trinajstić information content (AvgIpc) is 2.48. The molecular formula is C15H12FN3O. The van der Waals surface area contributed by atoms with Gasteiger partial charge in [0.25, 0.3) is 5.56 Å². The SMILES string of the molecule is O=c1[nH]c(CNc2cccc3ccccc23)ncc1F. The van der Waals surface area contributed by atoms with Crippen LogP contribution >= 0.6 is 0 Å². The van der Waals surface area contributed by atoms with E-state index >= 15 is 0 Å². The van der Waals surface area contributed by atoms with Crippen LogP contribution < -0.4 is 10.9 Å². The van der Waals surface area contributed by atoms with Crippen molar-refractivity contribution in [3.05, 3.63) is 70.7 Å². The Bertz CT molecular complexity index is 808. The molecule has 4 nitrogen and oxygen atoms in total. The summed E-state index contributed by atoms with van der Waals surface area (Å²) < 4.78 is 12.8. The van der Waals surface area contributed by atoms with E-state index in [4.69, 9.17) is 0 Å². The smallest absolute Gasteiger partial charge is 0.286 e. The molecule has 2 N–H and O–H groups in total. The lowest BCUT2D eigenvalue weighted by Crippen LogP contribution is -2.16. The van der Waals surface area contributed by atoms with Crippen LogP contribution in [0, 0.1) is 5.82 Å². The summed E-state index contributed by atoms with van der Waals surface area (Å²) in [6.07, 6.45) is 0.930. The van der Waals surface area contributed by atoms with E-state index in [1.807, 2.05) is 42.5 Å². The maximum absolute atomic E-state index is 12.8. The van der Waals surface area contributed by atoms with Crippen LogP contribution in [0.15, 0.2) is 53.5 Å². The Balaban J connectivity index is 1.86. The number of nitrogens with zero attached hydrogens (tertiary/aromatic N) is 1. The number of fused-ring (bicyclic) bond motifs is 1. The molecule has 0 atom stereocenters. The molecule has 2 aromatic carbocycles. The number of hydrogen-bond acceptors (Lipinski definition) is 3. The fourth-order valence-corrected chi connectivity index (χ4v) is 2.06. The number of hydrogen-bond donors (Lipinski definition) is 2. The zero-order valence-corrected chi connectivity index (χ0v) is 10.6. The van der Waals surface area contributed by atoms with Crippen LogP contribution in [0.4, 0.5) is 10.1 Å². The van der Waals surface area contributed by atoms with Crippen molar-refractivity contribution in [3.63, 3.8) is 0 Å². The van der Waals surface area contributed by atoms with Crippen LogP contribution in [0.1, 0.15) is 5.82 Å². The Morgan fingerprint density at radius 1 is 1.15 bits per heavy atom. The molecule has 0 aliphatic rings. The van der Waals surface area contributed by atoms with Crippen molar-refractivity contribution >= 4 is 16.5 Å². The quantitative estimate of drug-likeness (QED) is 0.768. The first kappa shape index (κ1) is 12.3. The van der Waals surface area contributed by atoms with Gasteiger partial charge in [-0.25, -0.2) is 4.98 Å². The second-order valence-corrected chi connectivity index (χ2v) is 4.39. The van der Waals surface area contributed by atoms with Gasteiger partial charge < -0.3 is 10.3 Å². The predicted octanol–water partition coefficient (Wildman–Crippen LogP) is 2.67. The van der Waals surface area contributed by atoms with Crippen molar-refractivity contribution in [2.45, 2.75) is 6.54 Å². The maximum Gasteiger partial charge on any atom is 0.286 e. The molecule has 1 heterocycles. The second-order valence-electron chi connectivity index (χ2n) is 4.39. The lowest BCUT2D eigenvalue weighted by atomic mass is 10.1. The summed E-state index contributed by atoms with van der Waals surface area (Å²) in [4.78, 5) is 17.4. The molecule has 5 heteroatoms. The zero-order chi connectivity index (χ0) is 13.9. The zero-order valence-electron chi connectivity index (χ0n) is 10.6. The molecule has 0 fully saturated rings. The Kier molecular flexibility index (Phi) is 3.16. The molecule has 0 saturated carbocycles. The lowest BCUT2D eigenvalue weighted by molar-refractivity contribution is 0.595. The van der Waals surface area contributed by atoms with Crippen molar-refractivity contribution in [3.8, 4) is 0 Å². The number of aromatic amines is 1. The highest BCUT2D eigenvalue weighted by atomic mass is 19.1. The molecule has 20 heavy (non-hydrogen) atoms. The number of halogens is 1. The van der Waals surface area contributed by atoms with Gasteiger partial charge in [0.2, 0.25) is 5.82 Å². The first-order chi connectivity index (χ1) is 9.74. The van der Waals surface area contributed by atoms with Gasteiger partial charge in [0.15, 0.2) is 0 Å². The first-order valence-corrected chi connectivity index (χ1v) is 6.19. The van der Waals surface area contributed by atoms with Gasteiger partial charge in [0, 0.05) is 11.1 Å². The molecule has 3 aromatic rings. The molecule has 0 amide bonds. The first-order valence-electron chi connectivity index (χ1n) is 6.19. The molecule has 0 bridgehead atoms. The van der Waals surface area contributed by atoms with E-state index in [-0.39, 0.29) is 0 Å². The van der Waals surface area contributed by atoms with Crippen molar-refractivity contribution in [2.75, 3.05) is 5.32 Å². The summed E-state index contributed by atoms with van der Waals surface area (Å²) in [5, 5.41) is 5.40. The summed E-state index contributed by atoms with van der Waals surface area (Å²) in [7, 11) is 0. The highest BCUT2D eigenvalue weighted by Gasteiger charge is 2.03. The van der Waals surface area contributed by atoms with Gasteiger partial charge >= 0.3 is 0 Å². The minimum atomic E-state index is -0.876. The molecule has 3 rings (SSSR count). The topological polar surface area (TPSA) is 57.8 Å². The van der Waals surface area contributed by atoms with Crippen LogP contribution in [-0.4, -0.2) is 9.97 Å². The molecule has 0 aliphatic heterocycles. The van der Waals surface area contributed by atoms with Gasteiger partial charge in [-0.2, -0.15) is 4.39 Å². The van der Waals surface area contributed by atoms with Crippen molar-refractivity contribution in [1.82, 2.24) is 9.97 Å². The Morgan fingerprint density at radius 2 is 1.95 bits per heavy atom. The normalized spacial score (nSPS) is 10.7. The number of rotatable bonds is 3. The third-order valence-corrected chi connectivity index (χ3v) is 3.04. The third kappa shape index (κ3) is 2.38. The van der Waals surface area contributed by atoms with Crippen molar-refractivity contribution in [2.24, 2.45) is 0 Å². The highest BCUT2D eigenvalue weighted by Crippen LogP contribution is 2.23. The van der Waals surface area contributed by atoms with Crippen LogP contribution in [0.2, 0.25) is 0 Å². The molecule has 0 aliphatic carbocycles. The summed E-state index contributed by atoms with van der Waals surface area (Å²) in [6.45, 7) is 0.323. The van der Waals surface area contributed by atoms with Gasteiger partial charge in [0.05, 0.1) is 12.7 Å². The van der Waals surface area contributed by atoms with E-state index in [9.17, 15) is 9.18 Å². The number of benzene rings is 2. The molecular weight excluding hydrogens is 257 g/mol. The van der Waals surface area contributed by atoms with Crippen molar-refractivity contribution in [1.29, 1.82) is 0 Å². The van der Waals surface area contributed by atoms with Crippen LogP contribution in [-0.2, 0) is 6.54 Å². The van der Waals surface area contributed by atoms with E-state index in [2.05, 4.69) is 15.3 Å². The van der Waals surface area contributed by atoms with E-state index in [0.717, 1.165) is 22.7 Å². The largest absolute Gasteiger partial charge is 0.377 e.